The fourth-order valence-corrected chi connectivity index (χ4v) is 4.35. The highest BCUT2D eigenvalue weighted by atomic mass is 16.5. The van der Waals surface area contributed by atoms with Crippen molar-refractivity contribution in [1.29, 1.82) is 0 Å². The third-order valence-corrected chi connectivity index (χ3v) is 6.37. The van der Waals surface area contributed by atoms with E-state index in [1.54, 1.807) is 21.3 Å². The first-order valence-electron chi connectivity index (χ1n) is 12.0. The summed E-state index contributed by atoms with van der Waals surface area (Å²) in [6.07, 6.45) is 1.60. The molecule has 1 amide bonds. The minimum absolute atomic E-state index is 0.0286. The van der Waals surface area contributed by atoms with Crippen LogP contribution in [-0.4, -0.2) is 51.2 Å². The number of amides is 1. The van der Waals surface area contributed by atoms with Crippen molar-refractivity contribution in [3.05, 3.63) is 53.6 Å². The monoisotopic (exact) mass is 479 g/mol. The summed E-state index contributed by atoms with van der Waals surface area (Å²) in [6, 6.07) is 13.7. The van der Waals surface area contributed by atoms with E-state index in [9.17, 15) is 4.79 Å². The van der Waals surface area contributed by atoms with Crippen LogP contribution >= 0.6 is 0 Å². The summed E-state index contributed by atoms with van der Waals surface area (Å²) in [6.45, 7) is 5.06. The molecule has 0 radical (unpaired) electrons. The molecule has 0 saturated carbocycles. The Morgan fingerprint density at radius 1 is 0.886 bits per heavy atom. The molecular weight excluding hydrogens is 442 g/mol. The van der Waals surface area contributed by atoms with Gasteiger partial charge in [0.2, 0.25) is 5.91 Å². The first-order valence-corrected chi connectivity index (χ1v) is 12.0. The largest absolute Gasteiger partial charge is 0.497 e. The minimum Gasteiger partial charge on any atom is -0.497 e. The van der Waals surface area contributed by atoms with Crippen LogP contribution in [-0.2, 0) is 17.9 Å². The van der Waals surface area contributed by atoms with Crippen molar-refractivity contribution in [3.8, 4) is 17.2 Å². The van der Waals surface area contributed by atoms with Gasteiger partial charge in [-0.05, 0) is 48.7 Å². The van der Waals surface area contributed by atoms with Crippen molar-refractivity contribution in [2.24, 2.45) is 5.92 Å². The molecule has 1 heterocycles. The van der Waals surface area contributed by atoms with Crippen molar-refractivity contribution in [1.82, 2.24) is 9.88 Å². The summed E-state index contributed by atoms with van der Waals surface area (Å²) in [5, 5.41) is 0.854. The number of carbonyl (C=O) groups is 1. The molecule has 2 aromatic carbocycles. The number of nitrogens with zero attached hydrogens (tertiary/aromatic N) is 3. The van der Waals surface area contributed by atoms with Crippen LogP contribution in [0.15, 0.2) is 42.5 Å². The molecule has 7 nitrogen and oxygen atoms in total. The zero-order chi connectivity index (χ0) is 25.5. The van der Waals surface area contributed by atoms with Crippen molar-refractivity contribution in [2.75, 3.05) is 40.3 Å². The number of hydrogen-bond donors (Lipinski definition) is 0. The van der Waals surface area contributed by atoms with Crippen molar-refractivity contribution >= 4 is 22.6 Å². The number of ether oxygens (including phenoxy) is 3. The van der Waals surface area contributed by atoms with E-state index in [0.29, 0.717) is 24.6 Å². The minimum atomic E-state index is -0.0286. The molecule has 0 saturated heterocycles. The summed E-state index contributed by atoms with van der Waals surface area (Å²) in [5.41, 5.74) is 2.72. The van der Waals surface area contributed by atoms with Gasteiger partial charge in [-0.25, -0.2) is 4.98 Å². The van der Waals surface area contributed by atoms with E-state index in [1.165, 1.54) is 0 Å². The molecule has 0 unspecified atom stereocenters. The first kappa shape index (κ1) is 26.1. The fourth-order valence-electron chi connectivity index (χ4n) is 4.35. The molecule has 0 spiro atoms. The molecule has 1 aromatic heterocycles. The summed E-state index contributed by atoms with van der Waals surface area (Å²) >= 11 is 0. The van der Waals surface area contributed by atoms with Gasteiger partial charge in [0.05, 0.1) is 21.3 Å². The Morgan fingerprint density at radius 2 is 1.51 bits per heavy atom. The lowest BCUT2D eigenvalue weighted by atomic mass is 10.0. The third kappa shape index (κ3) is 5.78. The lowest BCUT2D eigenvalue weighted by Crippen LogP contribution is -2.35. The topological polar surface area (TPSA) is 64.1 Å². The van der Waals surface area contributed by atoms with Crippen LogP contribution in [0.3, 0.4) is 0 Å². The molecule has 0 aliphatic carbocycles. The predicted molar refractivity (Wildman–Crippen MR) is 140 cm³/mol. The second-order valence-corrected chi connectivity index (χ2v) is 8.79. The highest BCUT2D eigenvalue weighted by molar-refractivity contribution is 5.92. The van der Waals surface area contributed by atoms with Gasteiger partial charge in [0, 0.05) is 44.1 Å². The van der Waals surface area contributed by atoms with E-state index < -0.39 is 0 Å². The number of aromatic nitrogens is 1. The molecule has 0 aliphatic rings. The normalized spacial score (nSPS) is 11.0. The van der Waals surface area contributed by atoms with Gasteiger partial charge < -0.3 is 24.0 Å². The number of carbonyl (C=O) groups excluding carboxylic acids is 1. The Bertz CT molecular complexity index is 1140. The van der Waals surface area contributed by atoms with E-state index in [4.69, 9.17) is 19.2 Å². The van der Waals surface area contributed by atoms with Gasteiger partial charge in [-0.3, -0.25) is 4.79 Å². The van der Waals surface area contributed by atoms with E-state index in [0.717, 1.165) is 46.4 Å². The Kier molecular flexibility index (Phi) is 8.79. The number of fused-ring (bicyclic) bond motifs is 1. The molecule has 3 rings (SSSR count). The molecular formula is C28H37N3O4. The smallest absolute Gasteiger partial charge is 0.226 e. The van der Waals surface area contributed by atoms with E-state index >= 15 is 0 Å². The van der Waals surface area contributed by atoms with Gasteiger partial charge in [0.1, 0.15) is 28.6 Å². The second-order valence-electron chi connectivity index (χ2n) is 8.79. The third-order valence-electron chi connectivity index (χ3n) is 6.37. The fraction of sp³-hybridized carbons (Fsp3) is 0.429. The first-order chi connectivity index (χ1) is 16.9. The van der Waals surface area contributed by atoms with Crippen LogP contribution in [0.25, 0.3) is 10.9 Å². The molecule has 0 fully saturated rings. The molecule has 7 heteroatoms. The van der Waals surface area contributed by atoms with Crippen LogP contribution in [0.2, 0.25) is 0 Å². The van der Waals surface area contributed by atoms with Gasteiger partial charge in [-0.2, -0.15) is 0 Å². The average molecular weight is 480 g/mol. The van der Waals surface area contributed by atoms with Crippen LogP contribution < -0.4 is 19.1 Å². The second kappa shape index (κ2) is 11.8. The maximum Gasteiger partial charge on any atom is 0.226 e. The molecule has 3 aromatic rings. The molecule has 0 N–H and O–H groups in total. The molecule has 0 bridgehead atoms. The Hall–Kier alpha value is -3.48. The summed E-state index contributed by atoms with van der Waals surface area (Å²) in [4.78, 5) is 22.5. The van der Waals surface area contributed by atoms with E-state index in [2.05, 4.69) is 19.9 Å². The van der Waals surface area contributed by atoms with Gasteiger partial charge in [0.15, 0.2) is 0 Å². The van der Waals surface area contributed by atoms with Crippen LogP contribution in [0.5, 0.6) is 17.2 Å². The Morgan fingerprint density at radius 3 is 2.06 bits per heavy atom. The van der Waals surface area contributed by atoms with Gasteiger partial charge in [-0.15, -0.1) is 0 Å². The lowest BCUT2D eigenvalue weighted by Gasteiger charge is -2.29. The van der Waals surface area contributed by atoms with Gasteiger partial charge >= 0.3 is 0 Å². The molecule has 0 atom stereocenters. The number of methoxy groups -OCH3 is 3. The molecule has 0 aliphatic heterocycles. The summed E-state index contributed by atoms with van der Waals surface area (Å²) in [7, 11) is 8.85. The van der Waals surface area contributed by atoms with Crippen LogP contribution in [0.4, 0.5) is 5.82 Å². The highest BCUT2D eigenvalue weighted by Gasteiger charge is 2.24. The number of anilines is 1. The van der Waals surface area contributed by atoms with Gasteiger partial charge in [0.25, 0.3) is 0 Å². The Balaban J connectivity index is 2.10. The van der Waals surface area contributed by atoms with Crippen molar-refractivity contribution < 1.29 is 19.0 Å². The predicted octanol–water partition coefficient (Wildman–Crippen LogP) is 5.29. The number of rotatable bonds is 11. The van der Waals surface area contributed by atoms with Gasteiger partial charge in [-0.1, -0.05) is 26.0 Å². The van der Waals surface area contributed by atoms with Crippen LogP contribution in [0, 0.1) is 5.92 Å². The standard InChI is InChI=1S/C28H37N3O4/c1-8-20(9-2)28(32)31(17-19-10-12-22(33-5)13-11-19)18-21-16-23-24(34-6)14-15-25(35-7)26(23)29-27(21)30(3)4/h10-16,20H,8-9,17-18H2,1-7H3. The highest BCUT2D eigenvalue weighted by Crippen LogP contribution is 2.35. The lowest BCUT2D eigenvalue weighted by molar-refractivity contribution is -0.137. The number of hydrogen-bond acceptors (Lipinski definition) is 6. The van der Waals surface area contributed by atoms with Crippen molar-refractivity contribution in [2.45, 2.75) is 39.8 Å². The maximum absolute atomic E-state index is 13.6. The van der Waals surface area contributed by atoms with E-state index in [1.807, 2.05) is 60.3 Å². The number of benzene rings is 2. The zero-order valence-electron chi connectivity index (χ0n) is 21.9. The molecule has 35 heavy (non-hydrogen) atoms. The summed E-state index contributed by atoms with van der Waals surface area (Å²) < 4.78 is 16.5. The zero-order valence-corrected chi connectivity index (χ0v) is 21.9. The number of pyridine rings is 1. The average Bonchev–Trinajstić information content (AvgIpc) is 2.88. The van der Waals surface area contributed by atoms with E-state index in [-0.39, 0.29) is 11.8 Å². The maximum atomic E-state index is 13.6. The molecule has 188 valence electrons. The Labute approximate surface area is 208 Å². The quantitative estimate of drug-likeness (QED) is 0.372. The SMILES string of the molecule is CCC(CC)C(=O)N(Cc1ccc(OC)cc1)Cc1cc2c(OC)ccc(OC)c2nc1N(C)C. The summed E-state index contributed by atoms with van der Waals surface area (Å²) in [5.74, 6) is 3.10. The van der Waals surface area contributed by atoms with Crippen LogP contribution in [0.1, 0.15) is 37.8 Å². The van der Waals surface area contributed by atoms with Crippen molar-refractivity contribution in [3.63, 3.8) is 0 Å².